The number of nitrogens with one attached hydrogen (secondary N) is 1. The Morgan fingerprint density at radius 3 is 2.95 bits per heavy atom. The van der Waals surface area contributed by atoms with Crippen molar-refractivity contribution in [3.8, 4) is 11.4 Å². The lowest BCUT2D eigenvalue weighted by Crippen LogP contribution is -2.29. The molecule has 0 saturated heterocycles. The summed E-state index contributed by atoms with van der Waals surface area (Å²) in [5, 5.41) is 3.65. The molecule has 108 valence electrons. The quantitative estimate of drug-likeness (QED) is 0.934. The molecule has 1 saturated carbocycles. The fourth-order valence-corrected chi connectivity index (χ4v) is 3.01. The second kappa shape index (κ2) is 5.53. The molecular formula is C17H20N4. The number of hydrogen-bond donors (Lipinski definition) is 1. The topological polar surface area (TPSA) is 50.7 Å². The molecule has 0 radical (unpaired) electrons. The number of hydrogen-bond acceptors (Lipinski definition) is 4. The highest BCUT2D eigenvalue weighted by atomic mass is 14.9. The van der Waals surface area contributed by atoms with E-state index in [-0.39, 0.29) is 0 Å². The number of fused-ring (bicyclic) bond motifs is 1. The van der Waals surface area contributed by atoms with E-state index < -0.39 is 0 Å². The van der Waals surface area contributed by atoms with Crippen LogP contribution in [0.3, 0.4) is 0 Å². The fraction of sp³-hybridized carbons (Fsp3) is 0.471. The molecule has 2 aromatic heterocycles. The van der Waals surface area contributed by atoms with Crippen molar-refractivity contribution in [2.24, 2.45) is 5.92 Å². The molecule has 21 heavy (non-hydrogen) atoms. The first-order chi connectivity index (χ1) is 10.4. The highest BCUT2D eigenvalue weighted by Gasteiger charge is 2.25. The van der Waals surface area contributed by atoms with Gasteiger partial charge in [-0.15, -0.1) is 0 Å². The Kier molecular flexibility index (Phi) is 3.39. The third-order valence-corrected chi connectivity index (χ3v) is 4.44. The van der Waals surface area contributed by atoms with Gasteiger partial charge in [-0.3, -0.25) is 4.98 Å². The molecule has 2 aliphatic carbocycles. The van der Waals surface area contributed by atoms with Gasteiger partial charge in [0.1, 0.15) is 0 Å². The van der Waals surface area contributed by atoms with E-state index in [9.17, 15) is 0 Å². The Morgan fingerprint density at radius 1 is 1.19 bits per heavy atom. The molecule has 0 bridgehead atoms. The summed E-state index contributed by atoms with van der Waals surface area (Å²) in [5.74, 6) is 1.54. The van der Waals surface area contributed by atoms with Crippen LogP contribution in [0.15, 0.2) is 30.7 Å². The molecular weight excluding hydrogens is 260 g/mol. The van der Waals surface area contributed by atoms with Crippen LogP contribution in [0.4, 0.5) is 0 Å². The van der Waals surface area contributed by atoms with Crippen LogP contribution in [-0.4, -0.2) is 27.5 Å². The predicted molar refractivity (Wildman–Crippen MR) is 81.8 cm³/mol. The van der Waals surface area contributed by atoms with Crippen molar-refractivity contribution in [2.75, 3.05) is 6.54 Å². The molecule has 0 aromatic carbocycles. The highest BCUT2D eigenvalue weighted by Crippen LogP contribution is 2.26. The van der Waals surface area contributed by atoms with Crippen molar-refractivity contribution in [3.05, 3.63) is 42.0 Å². The van der Waals surface area contributed by atoms with Crippen LogP contribution in [0.5, 0.6) is 0 Å². The number of aryl methyl sites for hydroxylation is 1. The Balaban J connectivity index is 1.49. The van der Waals surface area contributed by atoms with E-state index in [0.29, 0.717) is 0 Å². The standard InChI is InChI=1S/C17H20N4/c1-2-13(10-18-7-1)17-20-11-14-8-12(3-6-16(14)21-17)9-19-15-4-5-15/h1-2,7,10-12,15,19H,3-6,8-9H2. The molecule has 1 atom stereocenters. The molecule has 0 spiro atoms. The number of pyridine rings is 1. The first-order valence-corrected chi connectivity index (χ1v) is 7.87. The molecule has 1 unspecified atom stereocenters. The first kappa shape index (κ1) is 12.9. The minimum atomic E-state index is 0.742. The molecule has 1 N–H and O–H groups in total. The van der Waals surface area contributed by atoms with Crippen LogP contribution in [0, 0.1) is 5.92 Å². The maximum absolute atomic E-state index is 4.75. The van der Waals surface area contributed by atoms with Crippen LogP contribution in [0.1, 0.15) is 30.5 Å². The number of rotatable bonds is 4. The van der Waals surface area contributed by atoms with Gasteiger partial charge in [-0.25, -0.2) is 9.97 Å². The van der Waals surface area contributed by atoms with E-state index >= 15 is 0 Å². The van der Waals surface area contributed by atoms with Crippen molar-refractivity contribution in [1.29, 1.82) is 0 Å². The number of aromatic nitrogens is 3. The Hall–Kier alpha value is -1.81. The van der Waals surface area contributed by atoms with Gasteiger partial charge in [0.05, 0.1) is 0 Å². The van der Waals surface area contributed by atoms with Crippen LogP contribution in [-0.2, 0) is 12.8 Å². The summed E-state index contributed by atoms with van der Waals surface area (Å²) < 4.78 is 0. The molecule has 0 amide bonds. The second-order valence-electron chi connectivity index (χ2n) is 6.20. The van der Waals surface area contributed by atoms with Gasteiger partial charge in [0, 0.05) is 35.9 Å². The van der Waals surface area contributed by atoms with Crippen LogP contribution < -0.4 is 5.32 Å². The maximum Gasteiger partial charge on any atom is 0.160 e. The van der Waals surface area contributed by atoms with Crippen molar-refractivity contribution in [2.45, 2.75) is 38.1 Å². The summed E-state index contributed by atoms with van der Waals surface area (Å²) >= 11 is 0. The summed E-state index contributed by atoms with van der Waals surface area (Å²) in [5.41, 5.74) is 3.56. The Labute approximate surface area is 125 Å². The minimum Gasteiger partial charge on any atom is -0.314 e. The Bertz CT molecular complexity index is 622. The zero-order valence-corrected chi connectivity index (χ0v) is 12.1. The van der Waals surface area contributed by atoms with Gasteiger partial charge >= 0.3 is 0 Å². The van der Waals surface area contributed by atoms with Gasteiger partial charge in [-0.1, -0.05) is 0 Å². The zero-order chi connectivity index (χ0) is 14.1. The largest absolute Gasteiger partial charge is 0.314 e. The van der Waals surface area contributed by atoms with E-state index in [1.807, 2.05) is 24.5 Å². The van der Waals surface area contributed by atoms with Crippen molar-refractivity contribution in [1.82, 2.24) is 20.3 Å². The summed E-state index contributed by atoms with van der Waals surface area (Å²) in [6, 6.07) is 4.74. The summed E-state index contributed by atoms with van der Waals surface area (Å²) in [4.78, 5) is 13.4. The molecule has 1 fully saturated rings. The average Bonchev–Trinajstić information content (AvgIpc) is 3.37. The molecule has 4 heteroatoms. The van der Waals surface area contributed by atoms with Crippen molar-refractivity contribution >= 4 is 0 Å². The minimum absolute atomic E-state index is 0.742. The van der Waals surface area contributed by atoms with Crippen molar-refractivity contribution in [3.63, 3.8) is 0 Å². The van der Waals surface area contributed by atoms with Gasteiger partial charge in [0.2, 0.25) is 0 Å². The molecule has 4 rings (SSSR count). The smallest absolute Gasteiger partial charge is 0.160 e. The molecule has 2 aromatic rings. The fourth-order valence-electron chi connectivity index (χ4n) is 3.01. The SMILES string of the molecule is c1cncc(-c2ncc3c(n2)CCC(CNC2CC2)C3)c1. The van der Waals surface area contributed by atoms with Gasteiger partial charge in [0.15, 0.2) is 5.82 Å². The van der Waals surface area contributed by atoms with E-state index in [4.69, 9.17) is 4.98 Å². The summed E-state index contributed by atoms with van der Waals surface area (Å²) in [6.45, 7) is 1.15. The lowest BCUT2D eigenvalue weighted by molar-refractivity contribution is 0.418. The average molecular weight is 280 g/mol. The van der Waals surface area contributed by atoms with E-state index in [0.717, 1.165) is 42.7 Å². The van der Waals surface area contributed by atoms with Crippen LogP contribution in [0.25, 0.3) is 11.4 Å². The summed E-state index contributed by atoms with van der Waals surface area (Å²) in [7, 11) is 0. The normalized spacial score (nSPS) is 21.0. The lowest BCUT2D eigenvalue weighted by atomic mass is 9.87. The Morgan fingerprint density at radius 2 is 2.14 bits per heavy atom. The predicted octanol–water partition coefficient (Wildman–Crippen LogP) is 2.40. The second-order valence-corrected chi connectivity index (χ2v) is 6.20. The monoisotopic (exact) mass is 280 g/mol. The van der Waals surface area contributed by atoms with Crippen LogP contribution >= 0.6 is 0 Å². The molecule has 2 heterocycles. The number of nitrogens with zero attached hydrogens (tertiary/aromatic N) is 3. The zero-order valence-electron chi connectivity index (χ0n) is 12.1. The van der Waals surface area contributed by atoms with E-state index in [1.54, 1.807) is 6.20 Å². The van der Waals surface area contributed by atoms with Crippen LogP contribution in [0.2, 0.25) is 0 Å². The third kappa shape index (κ3) is 2.95. The summed E-state index contributed by atoms with van der Waals surface area (Å²) in [6.07, 6.45) is 11.8. The van der Waals surface area contributed by atoms with Gasteiger partial charge < -0.3 is 5.32 Å². The van der Waals surface area contributed by atoms with Gasteiger partial charge in [-0.05, 0) is 62.3 Å². The molecule has 2 aliphatic rings. The van der Waals surface area contributed by atoms with Gasteiger partial charge in [-0.2, -0.15) is 0 Å². The maximum atomic E-state index is 4.75. The highest BCUT2D eigenvalue weighted by molar-refractivity contribution is 5.53. The van der Waals surface area contributed by atoms with E-state index in [1.165, 1.54) is 30.5 Å². The molecule has 0 aliphatic heterocycles. The third-order valence-electron chi connectivity index (χ3n) is 4.44. The van der Waals surface area contributed by atoms with Gasteiger partial charge in [0.25, 0.3) is 0 Å². The lowest BCUT2D eigenvalue weighted by Gasteiger charge is -2.24. The first-order valence-electron chi connectivity index (χ1n) is 7.87. The van der Waals surface area contributed by atoms with E-state index in [2.05, 4.69) is 15.3 Å². The molecule has 4 nitrogen and oxygen atoms in total. The van der Waals surface area contributed by atoms with Crippen molar-refractivity contribution < 1.29 is 0 Å².